The maximum atomic E-state index is 12.8. The Morgan fingerprint density at radius 2 is 1.62 bits per heavy atom. The summed E-state index contributed by atoms with van der Waals surface area (Å²) in [5.74, 6) is 0.430. The van der Waals surface area contributed by atoms with Gasteiger partial charge in [-0.1, -0.05) is 65.1 Å². The Balaban J connectivity index is 1.42. The highest BCUT2D eigenvalue weighted by atomic mass is 35.5. The lowest BCUT2D eigenvalue weighted by Crippen LogP contribution is -2.40. The molecule has 204 valence electrons. The summed E-state index contributed by atoms with van der Waals surface area (Å²) in [4.78, 5) is 14.5. The Hall–Kier alpha value is -1.39. The van der Waals surface area contributed by atoms with Gasteiger partial charge < -0.3 is 15.0 Å². The summed E-state index contributed by atoms with van der Waals surface area (Å²) >= 11 is 18.0. The van der Waals surface area contributed by atoms with Crippen LogP contribution in [0.4, 0.5) is 0 Å². The molecular weight excluding hydrogens is 557 g/mol. The summed E-state index contributed by atoms with van der Waals surface area (Å²) in [6.07, 6.45) is 4.08. The van der Waals surface area contributed by atoms with Crippen LogP contribution in [-0.4, -0.2) is 64.1 Å². The van der Waals surface area contributed by atoms with Crippen molar-refractivity contribution in [3.63, 3.8) is 0 Å². The van der Waals surface area contributed by atoms with Crippen LogP contribution in [0.2, 0.25) is 15.1 Å². The molecule has 0 radical (unpaired) electrons. The second-order valence-corrected chi connectivity index (χ2v) is 12.8. The highest BCUT2D eigenvalue weighted by molar-refractivity contribution is 7.89. The van der Waals surface area contributed by atoms with Crippen molar-refractivity contribution >= 4 is 50.7 Å². The van der Waals surface area contributed by atoms with E-state index in [9.17, 15) is 13.2 Å². The van der Waals surface area contributed by atoms with Crippen molar-refractivity contribution in [2.45, 2.75) is 49.1 Å². The molecule has 2 aromatic carbocycles. The number of carbonyl (C=O) groups is 1. The Kier molecular flexibility index (Phi) is 11.1. The fraction of sp³-hybridized carbons (Fsp3) is 0.500. The van der Waals surface area contributed by atoms with Crippen LogP contribution in [-0.2, 0) is 19.6 Å². The Morgan fingerprint density at radius 3 is 2.19 bits per heavy atom. The van der Waals surface area contributed by atoms with Crippen molar-refractivity contribution in [2.75, 3.05) is 34.5 Å². The first-order chi connectivity index (χ1) is 17.5. The van der Waals surface area contributed by atoms with E-state index in [0.717, 1.165) is 30.0 Å². The average molecular weight is 591 g/mol. The Bertz CT molecular complexity index is 1130. The number of benzene rings is 2. The third-order valence-corrected chi connectivity index (χ3v) is 9.58. The third-order valence-electron chi connectivity index (χ3n) is 6.66. The normalized spacial score (nSPS) is 19.2. The number of hydrogen-bond acceptors (Lipinski definition) is 5. The zero-order chi connectivity index (χ0) is 27.2. The summed E-state index contributed by atoms with van der Waals surface area (Å²) in [5.41, 5.74) is 1.32. The average Bonchev–Trinajstić information content (AvgIpc) is 2.82. The molecule has 0 aliphatic heterocycles. The van der Waals surface area contributed by atoms with Gasteiger partial charge in [-0.15, -0.1) is 0 Å². The molecule has 0 bridgehead atoms. The molecule has 37 heavy (non-hydrogen) atoms. The van der Waals surface area contributed by atoms with Crippen molar-refractivity contribution in [3.8, 4) is 0 Å². The first-order valence-corrected chi connectivity index (χ1v) is 14.8. The first kappa shape index (κ1) is 30.2. The first-order valence-electron chi connectivity index (χ1n) is 12.2. The number of hydrogen-bond donors (Lipinski definition) is 1. The van der Waals surface area contributed by atoms with Crippen LogP contribution in [0.3, 0.4) is 0 Å². The summed E-state index contributed by atoms with van der Waals surface area (Å²) in [7, 11) is 1.59. The van der Waals surface area contributed by atoms with Crippen LogP contribution >= 0.6 is 34.8 Å². The molecule has 1 fully saturated rings. The van der Waals surface area contributed by atoms with Gasteiger partial charge in [0.15, 0.2) is 0 Å². The van der Waals surface area contributed by atoms with Crippen molar-refractivity contribution in [3.05, 3.63) is 63.1 Å². The summed E-state index contributed by atoms with van der Waals surface area (Å²) in [6.45, 7) is -0.165. The number of sulfonamides is 1. The lowest BCUT2D eigenvalue weighted by Gasteiger charge is -2.37. The summed E-state index contributed by atoms with van der Waals surface area (Å²) < 4.78 is 32.1. The molecule has 1 aliphatic carbocycles. The highest BCUT2D eigenvalue weighted by Gasteiger charge is 2.31. The van der Waals surface area contributed by atoms with Gasteiger partial charge in [-0.3, -0.25) is 4.79 Å². The Labute approximate surface area is 235 Å². The molecule has 0 spiro atoms. The van der Waals surface area contributed by atoms with E-state index in [1.54, 1.807) is 0 Å². The molecule has 0 aromatic heterocycles. The smallest absolute Gasteiger partial charge is 0.247 e. The molecule has 3 rings (SSSR count). The van der Waals surface area contributed by atoms with Gasteiger partial charge in [-0.05, 0) is 63.4 Å². The van der Waals surface area contributed by atoms with Gasteiger partial charge in [0.25, 0.3) is 0 Å². The van der Waals surface area contributed by atoms with E-state index in [4.69, 9.17) is 39.5 Å². The van der Waals surface area contributed by atoms with Gasteiger partial charge in [0.05, 0.1) is 23.1 Å². The summed E-state index contributed by atoms with van der Waals surface area (Å²) in [6, 6.07) is 13.7. The molecule has 0 heterocycles. The van der Waals surface area contributed by atoms with Gasteiger partial charge >= 0.3 is 0 Å². The maximum Gasteiger partial charge on any atom is 0.247 e. The molecule has 0 saturated heterocycles. The zero-order valence-corrected chi connectivity index (χ0v) is 24.4. The molecule has 2 aromatic rings. The van der Waals surface area contributed by atoms with Crippen molar-refractivity contribution in [2.24, 2.45) is 5.92 Å². The number of carbonyl (C=O) groups excluding carboxylic acids is 1. The van der Waals surface area contributed by atoms with E-state index in [1.165, 1.54) is 24.7 Å². The molecule has 1 atom stereocenters. The third kappa shape index (κ3) is 8.05. The number of nitrogens with zero attached hydrogens (tertiary/aromatic N) is 2. The maximum absolute atomic E-state index is 12.8. The topological polar surface area (TPSA) is 79.0 Å². The lowest BCUT2D eigenvalue weighted by molar-refractivity contribution is -0.123. The van der Waals surface area contributed by atoms with Crippen LogP contribution in [0.25, 0.3) is 0 Å². The molecule has 1 unspecified atom stereocenters. The second-order valence-electron chi connectivity index (χ2n) is 9.59. The monoisotopic (exact) mass is 589 g/mol. The van der Waals surface area contributed by atoms with Gasteiger partial charge in [-0.25, -0.2) is 8.42 Å². The standard InChI is InChI=1S/C26H34Cl3N3O4S/c1-31(2)25(18-7-5-4-6-8-18)19-9-11-21(12-10-19)30-24(33)13-14-36-17-32(3)37(34,35)26-22(28)15-20(27)16-23(26)29/h4-8,15-16,19,21,25H,9-14,17H2,1-3H3,(H,30,33). The van der Waals surface area contributed by atoms with Crippen molar-refractivity contribution in [1.29, 1.82) is 0 Å². The predicted molar refractivity (Wildman–Crippen MR) is 149 cm³/mol. The predicted octanol–water partition coefficient (Wildman–Crippen LogP) is 5.61. The minimum atomic E-state index is -4.00. The fourth-order valence-electron chi connectivity index (χ4n) is 4.88. The van der Waals surface area contributed by atoms with E-state index in [2.05, 4.69) is 48.6 Å². The van der Waals surface area contributed by atoms with Gasteiger partial charge in [-0.2, -0.15) is 4.31 Å². The molecule has 1 saturated carbocycles. The fourth-order valence-corrected chi connectivity index (χ4v) is 7.42. The van der Waals surface area contributed by atoms with Gasteiger partial charge in [0.2, 0.25) is 15.9 Å². The Morgan fingerprint density at radius 1 is 1.03 bits per heavy atom. The highest BCUT2D eigenvalue weighted by Crippen LogP contribution is 2.37. The minimum Gasteiger partial charge on any atom is -0.365 e. The minimum absolute atomic E-state index is 0.0703. The number of ether oxygens (including phenoxy) is 1. The van der Waals surface area contributed by atoms with Crippen molar-refractivity contribution in [1.82, 2.24) is 14.5 Å². The van der Waals surface area contributed by atoms with Gasteiger partial charge in [0.1, 0.15) is 11.6 Å². The molecule has 1 aliphatic rings. The van der Waals surface area contributed by atoms with E-state index in [-0.39, 0.29) is 51.7 Å². The molecule has 7 nitrogen and oxygen atoms in total. The number of nitrogens with one attached hydrogen (secondary N) is 1. The van der Waals surface area contributed by atoms with Crippen LogP contribution in [0.15, 0.2) is 47.4 Å². The number of amides is 1. The van der Waals surface area contributed by atoms with Crippen LogP contribution < -0.4 is 5.32 Å². The van der Waals surface area contributed by atoms with E-state index >= 15 is 0 Å². The largest absolute Gasteiger partial charge is 0.365 e. The van der Waals surface area contributed by atoms with E-state index in [1.807, 2.05) is 6.07 Å². The SMILES string of the molecule is CN(C)C(c1ccccc1)C1CCC(NC(=O)CCOCN(C)S(=O)(=O)c2c(Cl)cc(Cl)cc2Cl)CC1. The number of halogens is 3. The quantitative estimate of drug-likeness (QED) is 0.272. The van der Waals surface area contributed by atoms with E-state index < -0.39 is 10.0 Å². The zero-order valence-electron chi connectivity index (χ0n) is 21.3. The lowest BCUT2D eigenvalue weighted by atomic mass is 9.78. The van der Waals surface area contributed by atoms with Crippen molar-refractivity contribution < 1.29 is 17.9 Å². The van der Waals surface area contributed by atoms with E-state index in [0.29, 0.717) is 12.0 Å². The second kappa shape index (κ2) is 13.6. The summed E-state index contributed by atoms with van der Waals surface area (Å²) in [5, 5.41) is 3.20. The van der Waals surface area contributed by atoms with Gasteiger partial charge in [0, 0.05) is 24.2 Å². The molecule has 1 N–H and O–H groups in total. The molecular formula is C26H34Cl3N3O4S. The molecule has 1 amide bonds. The molecule has 11 heteroatoms. The van der Waals surface area contributed by atoms with Crippen LogP contribution in [0.1, 0.15) is 43.7 Å². The van der Waals surface area contributed by atoms with Crippen LogP contribution in [0.5, 0.6) is 0 Å². The number of rotatable bonds is 11. The van der Waals surface area contributed by atoms with Crippen LogP contribution in [0, 0.1) is 5.92 Å².